The zero-order valence-corrected chi connectivity index (χ0v) is 17.6. The van der Waals surface area contributed by atoms with Gasteiger partial charge in [-0.1, -0.05) is 0 Å². The highest BCUT2D eigenvalue weighted by Gasteiger charge is 2.27. The highest BCUT2D eigenvalue weighted by atomic mass is 32.2. The molecule has 7 nitrogen and oxygen atoms in total. The number of hydrogen-bond acceptors (Lipinski definition) is 5. The van der Waals surface area contributed by atoms with Crippen molar-refractivity contribution < 1.29 is 22.7 Å². The molecule has 0 unspecified atom stereocenters. The van der Waals surface area contributed by atoms with Gasteiger partial charge in [0, 0.05) is 26.7 Å². The van der Waals surface area contributed by atoms with Gasteiger partial charge in [0.15, 0.2) is 0 Å². The van der Waals surface area contributed by atoms with Gasteiger partial charge in [0.1, 0.15) is 12.4 Å². The van der Waals surface area contributed by atoms with E-state index in [9.17, 15) is 13.2 Å². The Morgan fingerprint density at radius 2 is 1.78 bits per heavy atom. The molecule has 1 aromatic rings. The van der Waals surface area contributed by atoms with Crippen molar-refractivity contribution in [1.82, 2.24) is 9.21 Å². The number of benzene rings is 1. The van der Waals surface area contributed by atoms with Gasteiger partial charge in [0.25, 0.3) is 0 Å². The Morgan fingerprint density at radius 3 is 2.26 bits per heavy atom. The van der Waals surface area contributed by atoms with Crippen LogP contribution in [0.2, 0.25) is 0 Å². The molecule has 1 aliphatic rings. The second-order valence-corrected chi connectivity index (χ2v) is 9.04. The number of carbonyl (C=O) groups excluding carboxylic acids is 1. The van der Waals surface area contributed by atoms with Crippen molar-refractivity contribution >= 4 is 15.9 Å². The molecule has 152 valence electrons. The van der Waals surface area contributed by atoms with Crippen molar-refractivity contribution in [3.63, 3.8) is 0 Å². The van der Waals surface area contributed by atoms with E-state index in [2.05, 4.69) is 0 Å². The number of sulfonamides is 1. The summed E-state index contributed by atoms with van der Waals surface area (Å²) in [6.45, 7) is 3.81. The lowest BCUT2D eigenvalue weighted by Gasteiger charge is -2.34. The van der Waals surface area contributed by atoms with Crippen LogP contribution in [0.25, 0.3) is 0 Å². The molecule has 2 rings (SSSR count). The summed E-state index contributed by atoms with van der Waals surface area (Å²) in [6.07, 6.45) is 3.25. The number of methoxy groups -OCH3 is 1. The van der Waals surface area contributed by atoms with Gasteiger partial charge in [-0.25, -0.2) is 8.42 Å². The molecule has 1 saturated carbocycles. The van der Waals surface area contributed by atoms with E-state index in [1.807, 2.05) is 0 Å². The number of rotatable bonds is 9. The number of ether oxygens (including phenoxy) is 2. The summed E-state index contributed by atoms with van der Waals surface area (Å²) in [5, 5.41) is 0. The van der Waals surface area contributed by atoms with Crippen LogP contribution in [-0.2, 0) is 19.6 Å². The molecule has 0 radical (unpaired) electrons. The summed E-state index contributed by atoms with van der Waals surface area (Å²) in [4.78, 5) is 14.1. The minimum absolute atomic E-state index is 0.0263. The van der Waals surface area contributed by atoms with Crippen LogP contribution in [0.5, 0.6) is 5.75 Å². The van der Waals surface area contributed by atoms with E-state index in [1.165, 1.54) is 11.4 Å². The van der Waals surface area contributed by atoms with Gasteiger partial charge in [0.05, 0.1) is 18.6 Å². The standard InChI is InChI=1S/C19H30N2O5S/c1-14-11-17(25-5)12-15(2)19(14)27(23,24)20(3)9-10-26-13-18(22)21(4)16-7-6-8-16/h11-12,16H,6-10,13H2,1-5H3. The molecular formula is C19H30N2O5S. The molecule has 0 heterocycles. The highest BCUT2D eigenvalue weighted by molar-refractivity contribution is 7.89. The third kappa shape index (κ3) is 5.00. The fraction of sp³-hybridized carbons (Fsp3) is 0.632. The smallest absolute Gasteiger partial charge is 0.248 e. The molecule has 1 amide bonds. The van der Waals surface area contributed by atoms with Crippen LogP contribution < -0.4 is 4.74 Å². The normalized spacial score (nSPS) is 14.9. The first-order valence-corrected chi connectivity index (χ1v) is 10.6. The van der Waals surface area contributed by atoms with Crippen molar-refractivity contribution in [1.29, 1.82) is 0 Å². The molecule has 0 saturated heterocycles. The van der Waals surface area contributed by atoms with E-state index < -0.39 is 10.0 Å². The number of amides is 1. The third-order valence-corrected chi connectivity index (χ3v) is 7.29. The molecule has 0 bridgehead atoms. The Balaban J connectivity index is 1.91. The van der Waals surface area contributed by atoms with Crippen LogP contribution >= 0.6 is 0 Å². The van der Waals surface area contributed by atoms with Crippen LogP contribution in [0.3, 0.4) is 0 Å². The van der Waals surface area contributed by atoms with Gasteiger partial charge in [-0.15, -0.1) is 0 Å². The summed E-state index contributed by atoms with van der Waals surface area (Å²) in [7, 11) is 1.21. The molecular weight excluding hydrogens is 368 g/mol. The summed E-state index contributed by atoms with van der Waals surface area (Å²) in [6, 6.07) is 3.74. The molecule has 0 aromatic heterocycles. The zero-order valence-electron chi connectivity index (χ0n) is 16.8. The lowest BCUT2D eigenvalue weighted by Crippen LogP contribution is -2.43. The minimum Gasteiger partial charge on any atom is -0.497 e. The van der Waals surface area contributed by atoms with Crippen molar-refractivity contribution in [2.45, 2.75) is 44.0 Å². The fourth-order valence-electron chi connectivity index (χ4n) is 3.14. The Labute approximate surface area is 162 Å². The lowest BCUT2D eigenvalue weighted by atomic mass is 9.92. The molecule has 27 heavy (non-hydrogen) atoms. The first-order chi connectivity index (χ1) is 12.7. The van der Waals surface area contributed by atoms with E-state index in [-0.39, 0.29) is 30.6 Å². The minimum atomic E-state index is -3.65. The highest BCUT2D eigenvalue weighted by Crippen LogP contribution is 2.27. The van der Waals surface area contributed by atoms with Crippen LogP contribution in [-0.4, -0.2) is 70.5 Å². The number of nitrogens with zero attached hydrogens (tertiary/aromatic N) is 2. The maximum absolute atomic E-state index is 12.9. The monoisotopic (exact) mass is 398 g/mol. The van der Waals surface area contributed by atoms with Crippen LogP contribution in [0.15, 0.2) is 17.0 Å². The molecule has 8 heteroatoms. The first-order valence-electron chi connectivity index (χ1n) is 9.13. The fourth-order valence-corrected chi connectivity index (χ4v) is 4.70. The van der Waals surface area contributed by atoms with Gasteiger partial charge < -0.3 is 14.4 Å². The molecule has 1 fully saturated rings. The number of aryl methyl sites for hydroxylation is 2. The summed E-state index contributed by atoms with van der Waals surface area (Å²) >= 11 is 0. The van der Waals surface area contributed by atoms with Crippen LogP contribution in [0.1, 0.15) is 30.4 Å². The Bertz CT molecular complexity index is 751. The average molecular weight is 399 g/mol. The maximum atomic E-state index is 12.9. The van der Waals surface area contributed by atoms with Crippen LogP contribution in [0.4, 0.5) is 0 Å². The van der Waals surface area contributed by atoms with Gasteiger partial charge in [-0.2, -0.15) is 4.31 Å². The number of likely N-dealkylation sites (N-methyl/N-ethyl adjacent to an activating group) is 2. The van der Waals surface area contributed by atoms with Gasteiger partial charge >= 0.3 is 0 Å². The van der Waals surface area contributed by atoms with Gasteiger partial charge in [0.2, 0.25) is 15.9 Å². The third-order valence-electron chi connectivity index (χ3n) is 5.13. The van der Waals surface area contributed by atoms with E-state index in [1.54, 1.807) is 45.0 Å². The van der Waals surface area contributed by atoms with Crippen molar-refractivity contribution in [2.24, 2.45) is 0 Å². The topological polar surface area (TPSA) is 76.1 Å². The molecule has 1 aromatic carbocycles. The van der Waals surface area contributed by atoms with Crippen LogP contribution in [0, 0.1) is 13.8 Å². The quantitative estimate of drug-likeness (QED) is 0.595. The van der Waals surface area contributed by atoms with Crippen molar-refractivity contribution in [3.8, 4) is 5.75 Å². The second kappa shape index (κ2) is 9.03. The van der Waals surface area contributed by atoms with E-state index in [4.69, 9.17) is 9.47 Å². The average Bonchev–Trinajstić information content (AvgIpc) is 2.55. The predicted octanol–water partition coefficient (Wildman–Crippen LogP) is 1.96. The van der Waals surface area contributed by atoms with E-state index >= 15 is 0 Å². The van der Waals surface area contributed by atoms with E-state index in [0.29, 0.717) is 22.9 Å². The lowest BCUT2D eigenvalue weighted by molar-refractivity contribution is -0.138. The summed E-state index contributed by atoms with van der Waals surface area (Å²) in [5.74, 6) is 0.566. The largest absolute Gasteiger partial charge is 0.497 e. The van der Waals surface area contributed by atoms with Crippen molar-refractivity contribution in [3.05, 3.63) is 23.3 Å². The second-order valence-electron chi connectivity index (χ2n) is 7.06. The predicted molar refractivity (Wildman–Crippen MR) is 104 cm³/mol. The SMILES string of the molecule is COc1cc(C)c(S(=O)(=O)N(C)CCOCC(=O)N(C)C2CCC2)c(C)c1. The van der Waals surface area contributed by atoms with Gasteiger partial charge in [-0.05, 0) is 56.4 Å². The Morgan fingerprint density at radius 1 is 1.19 bits per heavy atom. The first kappa shape index (κ1) is 21.7. The molecule has 0 atom stereocenters. The zero-order chi connectivity index (χ0) is 20.2. The Hall–Kier alpha value is -1.64. The molecule has 1 aliphatic carbocycles. The number of hydrogen-bond donors (Lipinski definition) is 0. The van der Waals surface area contributed by atoms with E-state index in [0.717, 1.165) is 19.3 Å². The summed E-state index contributed by atoms with van der Waals surface area (Å²) < 4.78 is 37.7. The summed E-state index contributed by atoms with van der Waals surface area (Å²) in [5.41, 5.74) is 1.27. The molecule has 0 aliphatic heterocycles. The maximum Gasteiger partial charge on any atom is 0.248 e. The van der Waals surface area contributed by atoms with Crippen molar-refractivity contribution in [2.75, 3.05) is 41.0 Å². The van der Waals surface area contributed by atoms with Gasteiger partial charge in [-0.3, -0.25) is 4.79 Å². The number of carbonyl (C=O) groups is 1. The molecule has 0 spiro atoms. The molecule has 0 N–H and O–H groups in total. The Kier molecular flexibility index (Phi) is 7.25.